The number of rotatable bonds is 3. The molecule has 4 heterocycles. The van der Waals surface area contributed by atoms with E-state index in [1.807, 2.05) is 0 Å². The molecule has 23 heteroatoms. The zero-order valence-corrected chi connectivity index (χ0v) is 33.7. The van der Waals surface area contributed by atoms with Crippen LogP contribution in [0.2, 0.25) is 0 Å². The van der Waals surface area contributed by atoms with E-state index in [1.54, 1.807) is 60.0 Å². The van der Waals surface area contributed by atoms with Gasteiger partial charge in [-0.05, 0) is 45.9 Å². The van der Waals surface area contributed by atoms with Gasteiger partial charge in [-0.2, -0.15) is 102 Å². The minimum Gasteiger partial charge on any atom is -0.573 e. The van der Waals surface area contributed by atoms with Gasteiger partial charge in [0.25, 0.3) is 0 Å². The molecular weight excluding hydrogens is 1020 g/mol. The first-order valence-electron chi connectivity index (χ1n) is 16.3. The SMILES string of the molecule is Cc1c(C)[n+](C)[c-]n1-c1[c-]cc(C(F)(F)F)cc1C(F)(F)F.Cc1c(C)[n+](C)[c-]n1-c1[c-]cc(C(F)(F)F)cc1C(F)(F)F.FC(F)(F)c1cc(-c2ccccn2)[n-]n1.[Ir]. The molecule has 0 saturated carbocycles. The van der Waals surface area contributed by atoms with Crippen LogP contribution >= 0.6 is 0 Å². The van der Waals surface area contributed by atoms with Crippen molar-refractivity contribution in [3.05, 3.63) is 130 Å². The largest absolute Gasteiger partial charge is 0.573 e. The molecule has 0 saturated heterocycles. The maximum atomic E-state index is 13.1. The number of alkyl halides is 15. The maximum absolute atomic E-state index is 13.1. The molecule has 0 aliphatic heterocycles. The molecule has 0 aliphatic rings. The van der Waals surface area contributed by atoms with Crippen LogP contribution in [0.3, 0.4) is 0 Å². The quantitative estimate of drug-likeness (QED) is 0.101. The number of nitrogens with zero attached hydrogens (tertiary/aromatic N) is 7. The summed E-state index contributed by atoms with van der Waals surface area (Å²) in [6, 6.07) is 11.2. The van der Waals surface area contributed by atoms with Gasteiger partial charge in [-0.25, -0.2) is 0 Å². The summed E-state index contributed by atoms with van der Waals surface area (Å²) in [6.45, 7) is 6.44. The van der Waals surface area contributed by atoms with Crippen molar-refractivity contribution in [2.24, 2.45) is 14.1 Å². The van der Waals surface area contributed by atoms with Gasteiger partial charge in [0.15, 0.2) is 0 Å². The zero-order valence-electron chi connectivity index (χ0n) is 31.3. The third-order valence-corrected chi connectivity index (χ3v) is 8.53. The Morgan fingerprint density at radius 2 is 1.00 bits per heavy atom. The monoisotopic (exact) mass is 1050 g/mol. The molecule has 0 atom stereocenters. The molecular formula is C37H27F15IrN7-3. The fourth-order valence-electron chi connectivity index (χ4n) is 5.03. The normalized spacial score (nSPS) is 12.3. The molecule has 0 unspecified atom stereocenters. The third-order valence-electron chi connectivity index (χ3n) is 8.53. The summed E-state index contributed by atoms with van der Waals surface area (Å²) in [4.78, 5) is 3.87. The standard InChI is InChI=1S/2C14H11F6N2.C9H5F3N3.Ir/c2*1-8-9(2)22(7-21(8)3)12-5-4-10(13(15,16)17)6-11(12)14(18,19)20;10-9(11,12)8-5-7(14-15-8)6-3-1-2-4-13-6;/h2*4,6H,1-3H3;1-5H;/q3*-1;. The predicted molar refractivity (Wildman–Crippen MR) is 174 cm³/mol. The van der Waals surface area contributed by atoms with E-state index in [4.69, 9.17) is 0 Å². The Balaban J connectivity index is 0.000000243. The molecule has 327 valence electrons. The first-order chi connectivity index (χ1) is 26.9. The Bertz CT molecular complexity index is 2280. The molecule has 0 aliphatic carbocycles. The van der Waals surface area contributed by atoms with E-state index >= 15 is 0 Å². The minimum absolute atomic E-state index is 0. The van der Waals surface area contributed by atoms with Gasteiger partial charge in [0.05, 0.1) is 14.1 Å². The van der Waals surface area contributed by atoms with Crippen LogP contribution in [0.5, 0.6) is 0 Å². The Kier molecular flexibility index (Phi) is 14.6. The smallest absolute Gasteiger partial charge is 0.431 e. The van der Waals surface area contributed by atoms with Crippen LogP contribution in [0.1, 0.15) is 50.7 Å². The minimum atomic E-state index is -4.94. The molecule has 0 amide bonds. The van der Waals surface area contributed by atoms with Crippen molar-refractivity contribution in [3.8, 4) is 22.8 Å². The van der Waals surface area contributed by atoms with E-state index in [9.17, 15) is 65.9 Å². The summed E-state index contributed by atoms with van der Waals surface area (Å²) < 4.78 is 196. The maximum Gasteiger partial charge on any atom is 0.431 e. The summed E-state index contributed by atoms with van der Waals surface area (Å²) in [5.74, 6) is 0. The molecule has 7 nitrogen and oxygen atoms in total. The molecule has 60 heavy (non-hydrogen) atoms. The van der Waals surface area contributed by atoms with Crippen LogP contribution in [0, 0.1) is 52.5 Å². The number of aryl methyl sites for hydroxylation is 2. The van der Waals surface area contributed by atoms with Crippen LogP contribution in [-0.4, -0.2) is 19.2 Å². The van der Waals surface area contributed by atoms with Crippen molar-refractivity contribution in [1.82, 2.24) is 24.3 Å². The Morgan fingerprint density at radius 1 is 0.583 bits per heavy atom. The molecule has 4 aromatic heterocycles. The van der Waals surface area contributed by atoms with Crippen molar-refractivity contribution in [3.63, 3.8) is 0 Å². The molecule has 0 spiro atoms. The van der Waals surface area contributed by atoms with Crippen LogP contribution in [-0.2, 0) is 65.1 Å². The van der Waals surface area contributed by atoms with Crippen molar-refractivity contribution in [2.75, 3.05) is 0 Å². The van der Waals surface area contributed by atoms with Gasteiger partial charge in [0.1, 0.15) is 5.69 Å². The summed E-state index contributed by atoms with van der Waals surface area (Å²) in [5.41, 5.74) is -4.97. The topological polar surface area (TPSA) is 57.5 Å². The van der Waals surface area contributed by atoms with Gasteiger partial charge in [-0.1, -0.05) is 45.4 Å². The van der Waals surface area contributed by atoms with Crippen LogP contribution in [0.4, 0.5) is 65.9 Å². The number of hydrogen-bond acceptors (Lipinski definition) is 2. The van der Waals surface area contributed by atoms with Gasteiger partial charge in [-0.3, -0.25) is 4.98 Å². The second-order valence-electron chi connectivity index (χ2n) is 12.5. The fourth-order valence-corrected chi connectivity index (χ4v) is 5.03. The van der Waals surface area contributed by atoms with Crippen LogP contribution in [0.25, 0.3) is 22.8 Å². The molecule has 0 fully saturated rings. The van der Waals surface area contributed by atoms with Gasteiger partial charge in [-0.15, -0.1) is 0 Å². The van der Waals surface area contributed by atoms with Crippen molar-refractivity contribution >= 4 is 0 Å². The third kappa shape index (κ3) is 11.3. The predicted octanol–water partition coefficient (Wildman–Crippen LogP) is 9.23. The van der Waals surface area contributed by atoms with E-state index < -0.39 is 70.2 Å². The van der Waals surface area contributed by atoms with E-state index in [-0.39, 0.29) is 37.9 Å². The number of imidazole rings is 2. The summed E-state index contributed by atoms with van der Waals surface area (Å²) >= 11 is 0. The average molecular weight is 1050 g/mol. The molecule has 2 aromatic carbocycles. The number of hydrogen-bond donors (Lipinski definition) is 0. The molecule has 1 radical (unpaired) electrons. The molecule has 0 N–H and O–H groups in total. The van der Waals surface area contributed by atoms with Crippen molar-refractivity contribution in [2.45, 2.75) is 58.6 Å². The van der Waals surface area contributed by atoms with E-state index in [0.29, 0.717) is 40.6 Å². The molecule has 0 bridgehead atoms. The first-order valence-corrected chi connectivity index (χ1v) is 16.3. The zero-order chi connectivity index (χ0) is 44.6. The summed E-state index contributed by atoms with van der Waals surface area (Å²) in [6.07, 6.45) is -17.4. The second kappa shape index (κ2) is 17.8. The van der Waals surface area contributed by atoms with E-state index in [0.717, 1.165) is 15.2 Å². The van der Waals surface area contributed by atoms with Gasteiger partial charge < -0.3 is 28.5 Å². The number of aromatic nitrogens is 7. The van der Waals surface area contributed by atoms with Gasteiger partial charge in [0.2, 0.25) is 12.7 Å². The fraction of sp³-hybridized carbons (Fsp3) is 0.297. The first kappa shape index (κ1) is 49.2. The second-order valence-corrected chi connectivity index (χ2v) is 12.5. The van der Waals surface area contributed by atoms with E-state index in [1.165, 1.54) is 15.3 Å². The van der Waals surface area contributed by atoms with Gasteiger partial charge >= 0.3 is 30.9 Å². The summed E-state index contributed by atoms with van der Waals surface area (Å²) in [7, 11) is 3.16. The van der Waals surface area contributed by atoms with Crippen LogP contribution < -0.4 is 14.2 Å². The Hall–Kier alpha value is -5.18. The summed E-state index contributed by atoms with van der Waals surface area (Å²) in [5, 5.41) is 6.47. The Labute approximate surface area is 344 Å². The average Bonchev–Trinajstić information content (AvgIpc) is 3.81. The van der Waals surface area contributed by atoms with Gasteiger partial charge in [0, 0.05) is 54.8 Å². The molecule has 6 rings (SSSR count). The number of benzene rings is 2. The number of halogens is 15. The van der Waals surface area contributed by atoms with Crippen molar-refractivity contribution in [1.29, 1.82) is 0 Å². The number of pyridine rings is 1. The van der Waals surface area contributed by atoms with Crippen LogP contribution in [0.15, 0.2) is 54.7 Å². The molecule has 6 aromatic rings. The Morgan fingerprint density at radius 3 is 1.28 bits per heavy atom. The van der Waals surface area contributed by atoms with E-state index in [2.05, 4.69) is 40.0 Å². The van der Waals surface area contributed by atoms with Crippen molar-refractivity contribution < 1.29 is 95.1 Å².